The van der Waals surface area contributed by atoms with Crippen LogP contribution in [0.25, 0.3) is 11.3 Å². The van der Waals surface area contributed by atoms with Crippen molar-refractivity contribution in [2.24, 2.45) is 0 Å². The van der Waals surface area contributed by atoms with Crippen LogP contribution in [0.1, 0.15) is 5.56 Å². The molecule has 9 heteroatoms. The van der Waals surface area contributed by atoms with Gasteiger partial charge in [0.15, 0.2) is 0 Å². The Hall–Kier alpha value is -3.10. The molecule has 6 nitrogen and oxygen atoms in total. The number of benzene rings is 1. The fraction of sp³-hybridized carbons (Fsp3) is 0.133. The molecule has 0 saturated heterocycles. The van der Waals surface area contributed by atoms with Crippen LogP contribution >= 0.6 is 0 Å². The fourth-order valence-corrected chi connectivity index (χ4v) is 1.80. The highest BCUT2D eigenvalue weighted by Gasteiger charge is 2.38. The third kappa shape index (κ3) is 4.97. The molecule has 0 aliphatic heterocycles. The molecule has 0 fully saturated rings. The van der Waals surface area contributed by atoms with Crippen LogP contribution in [0.3, 0.4) is 0 Å². The highest BCUT2D eigenvalue weighted by molar-refractivity contribution is 5.73. The molecule has 0 aliphatic rings. The van der Waals surface area contributed by atoms with Crippen LogP contribution in [0.5, 0.6) is 0 Å². The molecule has 2 N–H and O–H groups in total. The average molecular weight is 338 g/mol. The molecular weight excluding hydrogens is 325 g/mol. The molecule has 0 unspecified atom stereocenters. The number of hydrogen-bond donors (Lipinski definition) is 2. The van der Waals surface area contributed by atoms with Gasteiger partial charge in [-0.3, -0.25) is 5.10 Å². The van der Waals surface area contributed by atoms with E-state index in [2.05, 4.69) is 39.4 Å². The Kier molecular flexibility index (Phi) is 5.35. The molecule has 3 rings (SSSR count). The smallest absolute Gasteiger partial charge is 0.475 e. The Morgan fingerprint density at radius 3 is 2.29 bits per heavy atom. The number of nitrogens with zero attached hydrogens (tertiary/aromatic N) is 3. The number of imidazole rings is 1. The van der Waals surface area contributed by atoms with Crippen molar-refractivity contribution in [2.75, 3.05) is 0 Å². The number of carboxylic acid groups (broad SMARTS) is 1. The summed E-state index contributed by atoms with van der Waals surface area (Å²) >= 11 is 0. The molecular formula is C15H13F3N4O2. The van der Waals surface area contributed by atoms with Gasteiger partial charge in [-0.2, -0.15) is 18.3 Å². The molecule has 126 valence electrons. The lowest BCUT2D eigenvalue weighted by Gasteiger charge is -2.03. The van der Waals surface area contributed by atoms with Gasteiger partial charge in [-0.1, -0.05) is 24.3 Å². The standard InChI is InChI=1S/C13H12N4.C2HF3O2/c1-3-12(13-5-6-15-16-13)4-2-11(1)9-17-8-7-14-10-17;3-2(4,5)1(6)7/h1-8,10H,9H2,(H,15,16);(H,6,7). The summed E-state index contributed by atoms with van der Waals surface area (Å²) in [4.78, 5) is 12.9. The molecule has 0 bridgehead atoms. The molecule has 2 heterocycles. The summed E-state index contributed by atoms with van der Waals surface area (Å²) in [5.41, 5.74) is 3.45. The minimum atomic E-state index is -5.08. The molecule has 0 aliphatic carbocycles. The number of rotatable bonds is 3. The van der Waals surface area contributed by atoms with Crippen molar-refractivity contribution in [2.45, 2.75) is 12.7 Å². The summed E-state index contributed by atoms with van der Waals surface area (Å²) in [7, 11) is 0. The molecule has 0 spiro atoms. The predicted octanol–water partition coefficient (Wildman–Crippen LogP) is 2.95. The van der Waals surface area contributed by atoms with Crippen molar-refractivity contribution >= 4 is 5.97 Å². The van der Waals surface area contributed by atoms with Gasteiger partial charge >= 0.3 is 12.1 Å². The Labute approximate surface area is 134 Å². The number of aromatic amines is 1. The van der Waals surface area contributed by atoms with Crippen LogP contribution in [0.4, 0.5) is 13.2 Å². The zero-order chi connectivity index (χ0) is 17.6. The van der Waals surface area contributed by atoms with Crippen molar-refractivity contribution in [3.63, 3.8) is 0 Å². The number of hydrogen-bond acceptors (Lipinski definition) is 3. The quantitative estimate of drug-likeness (QED) is 0.769. The van der Waals surface area contributed by atoms with Crippen molar-refractivity contribution in [1.29, 1.82) is 0 Å². The van der Waals surface area contributed by atoms with Gasteiger partial charge in [0.1, 0.15) is 0 Å². The number of aromatic nitrogens is 4. The zero-order valence-corrected chi connectivity index (χ0v) is 12.2. The summed E-state index contributed by atoms with van der Waals surface area (Å²) in [5, 5.41) is 14.0. The van der Waals surface area contributed by atoms with Crippen molar-refractivity contribution in [3.8, 4) is 11.3 Å². The average Bonchev–Trinajstić information content (AvgIpc) is 3.20. The number of alkyl halides is 3. The number of carbonyl (C=O) groups is 1. The van der Waals surface area contributed by atoms with E-state index in [-0.39, 0.29) is 0 Å². The predicted molar refractivity (Wildman–Crippen MR) is 79.0 cm³/mol. The molecule has 3 aromatic rings. The maximum Gasteiger partial charge on any atom is 0.490 e. The van der Waals surface area contributed by atoms with E-state index in [1.165, 1.54) is 5.56 Å². The van der Waals surface area contributed by atoms with E-state index < -0.39 is 12.1 Å². The minimum Gasteiger partial charge on any atom is -0.475 e. The summed E-state index contributed by atoms with van der Waals surface area (Å²) in [6.45, 7) is 0.850. The lowest BCUT2D eigenvalue weighted by molar-refractivity contribution is -0.192. The van der Waals surface area contributed by atoms with Gasteiger partial charge in [0, 0.05) is 25.1 Å². The number of carboxylic acids is 1. The van der Waals surface area contributed by atoms with Gasteiger partial charge in [0.05, 0.1) is 12.0 Å². The van der Waals surface area contributed by atoms with Gasteiger partial charge in [0.2, 0.25) is 0 Å². The van der Waals surface area contributed by atoms with Crippen LogP contribution in [-0.4, -0.2) is 37.0 Å². The largest absolute Gasteiger partial charge is 0.490 e. The summed E-state index contributed by atoms with van der Waals surface area (Å²) < 4.78 is 33.8. The second-order valence-corrected chi connectivity index (χ2v) is 4.71. The van der Waals surface area contributed by atoms with Crippen LogP contribution in [0.2, 0.25) is 0 Å². The Bertz CT molecular complexity index is 751. The Morgan fingerprint density at radius 2 is 1.83 bits per heavy atom. The maximum atomic E-state index is 10.6. The van der Waals surface area contributed by atoms with Crippen molar-refractivity contribution < 1.29 is 23.1 Å². The molecule has 0 atom stereocenters. The van der Waals surface area contributed by atoms with Gasteiger partial charge in [-0.15, -0.1) is 0 Å². The SMILES string of the molecule is O=C(O)C(F)(F)F.c1cn(Cc2ccc(-c3ccn[nH]3)cc2)cn1. The van der Waals surface area contributed by atoms with E-state index in [0.29, 0.717) is 0 Å². The molecule has 2 aromatic heterocycles. The number of nitrogens with one attached hydrogen (secondary N) is 1. The molecule has 0 radical (unpaired) electrons. The lowest BCUT2D eigenvalue weighted by Crippen LogP contribution is -2.21. The van der Waals surface area contributed by atoms with Crippen LogP contribution in [0.15, 0.2) is 55.2 Å². The monoisotopic (exact) mass is 338 g/mol. The van der Waals surface area contributed by atoms with Crippen LogP contribution < -0.4 is 0 Å². The lowest BCUT2D eigenvalue weighted by atomic mass is 10.1. The maximum absolute atomic E-state index is 10.6. The summed E-state index contributed by atoms with van der Waals surface area (Å²) in [5.74, 6) is -2.76. The molecule has 1 aromatic carbocycles. The van der Waals surface area contributed by atoms with E-state index in [0.717, 1.165) is 17.8 Å². The Morgan fingerprint density at radius 1 is 1.17 bits per heavy atom. The first kappa shape index (κ1) is 17.3. The number of halogens is 3. The number of H-pyrrole nitrogens is 1. The third-order valence-corrected chi connectivity index (χ3v) is 2.93. The van der Waals surface area contributed by atoms with E-state index in [9.17, 15) is 13.2 Å². The van der Waals surface area contributed by atoms with Crippen molar-refractivity contribution in [3.05, 3.63) is 60.8 Å². The minimum absolute atomic E-state index is 0.850. The van der Waals surface area contributed by atoms with Gasteiger partial charge in [0.25, 0.3) is 0 Å². The topological polar surface area (TPSA) is 83.8 Å². The van der Waals surface area contributed by atoms with E-state index in [1.54, 1.807) is 12.4 Å². The van der Waals surface area contributed by atoms with Gasteiger partial charge in [-0.05, 0) is 17.2 Å². The third-order valence-electron chi connectivity index (χ3n) is 2.93. The van der Waals surface area contributed by atoms with Crippen LogP contribution in [-0.2, 0) is 11.3 Å². The van der Waals surface area contributed by atoms with E-state index in [4.69, 9.17) is 9.90 Å². The van der Waals surface area contributed by atoms with E-state index >= 15 is 0 Å². The van der Waals surface area contributed by atoms with Gasteiger partial charge < -0.3 is 9.67 Å². The normalized spacial score (nSPS) is 10.8. The van der Waals surface area contributed by atoms with Crippen LogP contribution in [0, 0.1) is 0 Å². The summed E-state index contributed by atoms with van der Waals surface area (Å²) in [6, 6.07) is 10.4. The van der Waals surface area contributed by atoms with Crippen molar-refractivity contribution in [1.82, 2.24) is 19.7 Å². The molecule has 0 saturated carbocycles. The number of aliphatic carboxylic acids is 1. The summed E-state index contributed by atoms with van der Waals surface area (Å²) in [6.07, 6.45) is 2.25. The fourth-order valence-electron chi connectivity index (χ4n) is 1.80. The molecule has 24 heavy (non-hydrogen) atoms. The second-order valence-electron chi connectivity index (χ2n) is 4.71. The van der Waals surface area contributed by atoms with Gasteiger partial charge in [-0.25, -0.2) is 9.78 Å². The first-order valence-electron chi connectivity index (χ1n) is 6.71. The van der Waals surface area contributed by atoms with E-state index in [1.807, 2.05) is 23.2 Å². The first-order valence-corrected chi connectivity index (χ1v) is 6.71. The Balaban J connectivity index is 0.000000256. The second kappa shape index (κ2) is 7.44. The highest BCUT2D eigenvalue weighted by atomic mass is 19.4. The first-order chi connectivity index (χ1) is 11.4. The highest BCUT2D eigenvalue weighted by Crippen LogP contribution is 2.17. The molecule has 0 amide bonds. The zero-order valence-electron chi connectivity index (χ0n) is 12.2.